The molecule has 3 rings (SSSR count). The SMILES string of the molecule is Clc1ccc(C(C2CCC2)N2CCNCC2)cc1. The molecule has 18 heavy (non-hydrogen) atoms. The van der Waals surface area contributed by atoms with Crippen molar-refractivity contribution in [1.82, 2.24) is 10.2 Å². The van der Waals surface area contributed by atoms with Gasteiger partial charge in [0.15, 0.2) is 0 Å². The molecule has 1 aromatic rings. The Balaban J connectivity index is 1.81. The lowest BCUT2D eigenvalue weighted by Gasteiger charge is -2.43. The maximum atomic E-state index is 6.01. The Morgan fingerprint density at radius 2 is 1.78 bits per heavy atom. The molecule has 2 nitrogen and oxygen atoms in total. The summed E-state index contributed by atoms with van der Waals surface area (Å²) in [5.74, 6) is 0.851. The zero-order chi connectivity index (χ0) is 12.4. The molecule has 0 spiro atoms. The number of hydrogen-bond donors (Lipinski definition) is 1. The molecule has 0 amide bonds. The van der Waals surface area contributed by atoms with Crippen LogP contribution < -0.4 is 5.32 Å². The maximum Gasteiger partial charge on any atom is 0.0406 e. The first-order chi connectivity index (χ1) is 8.84. The van der Waals surface area contributed by atoms with Gasteiger partial charge < -0.3 is 5.32 Å². The molecule has 1 heterocycles. The molecule has 1 N–H and O–H groups in total. The van der Waals surface area contributed by atoms with E-state index in [1.807, 2.05) is 12.1 Å². The quantitative estimate of drug-likeness (QED) is 0.903. The van der Waals surface area contributed by atoms with Crippen molar-refractivity contribution in [3.05, 3.63) is 34.9 Å². The molecule has 1 unspecified atom stereocenters. The fraction of sp³-hybridized carbons (Fsp3) is 0.600. The van der Waals surface area contributed by atoms with Crippen molar-refractivity contribution < 1.29 is 0 Å². The lowest BCUT2D eigenvalue weighted by Crippen LogP contribution is -2.47. The van der Waals surface area contributed by atoms with E-state index in [1.165, 1.54) is 37.9 Å². The average Bonchev–Trinajstić information content (AvgIpc) is 2.36. The first-order valence-corrected chi connectivity index (χ1v) is 7.42. The van der Waals surface area contributed by atoms with Crippen LogP contribution in [0, 0.1) is 5.92 Å². The zero-order valence-corrected chi connectivity index (χ0v) is 11.5. The van der Waals surface area contributed by atoms with Crippen molar-refractivity contribution in [2.24, 2.45) is 5.92 Å². The van der Waals surface area contributed by atoms with E-state index in [0.717, 1.165) is 24.0 Å². The highest BCUT2D eigenvalue weighted by molar-refractivity contribution is 6.30. The van der Waals surface area contributed by atoms with Crippen LogP contribution in [-0.4, -0.2) is 31.1 Å². The third kappa shape index (κ3) is 2.56. The van der Waals surface area contributed by atoms with Gasteiger partial charge in [0.25, 0.3) is 0 Å². The molecule has 0 radical (unpaired) electrons. The highest BCUT2D eigenvalue weighted by Crippen LogP contribution is 2.41. The first-order valence-electron chi connectivity index (χ1n) is 7.05. The predicted molar refractivity (Wildman–Crippen MR) is 76.0 cm³/mol. The number of nitrogens with one attached hydrogen (secondary N) is 1. The van der Waals surface area contributed by atoms with Crippen LogP contribution in [0.25, 0.3) is 0 Å². The Morgan fingerprint density at radius 1 is 1.11 bits per heavy atom. The molecule has 1 saturated carbocycles. The fourth-order valence-corrected chi connectivity index (χ4v) is 3.28. The largest absolute Gasteiger partial charge is 0.314 e. The van der Waals surface area contributed by atoms with Crippen LogP contribution >= 0.6 is 11.6 Å². The molecule has 0 aromatic heterocycles. The van der Waals surface area contributed by atoms with E-state index in [4.69, 9.17) is 11.6 Å². The average molecular weight is 265 g/mol. The van der Waals surface area contributed by atoms with Crippen LogP contribution in [0.1, 0.15) is 30.9 Å². The summed E-state index contributed by atoms with van der Waals surface area (Å²) >= 11 is 6.01. The van der Waals surface area contributed by atoms with Gasteiger partial charge in [0.2, 0.25) is 0 Å². The van der Waals surface area contributed by atoms with E-state index in [9.17, 15) is 0 Å². The highest BCUT2D eigenvalue weighted by atomic mass is 35.5. The highest BCUT2D eigenvalue weighted by Gasteiger charge is 2.33. The number of hydrogen-bond acceptors (Lipinski definition) is 2. The lowest BCUT2D eigenvalue weighted by molar-refractivity contribution is 0.0837. The first kappa shape index (κ1) is 12.5. The molecular weight excluding hydrogens is 244 g/mol. The van der Waals surface area contributed by atoms with Crippen LogP contribution in [0.5, 0.6) is 0 Å². The minimum Gasteiger partial charge on any atom is -0.314 e. The van der Waals surface area contributed by atoms with Crippen molar-refractivity contribution >= 4 is 11.6 Å². The van der Waals surface area contributed by atoms with E-state index in [0.29, 0.717) is 6.04 Å². The van der Waals surface area contributed by atoms with E-state index in [2.05, 4.69) is 22.3 Å². The summed E-state index contributed by atoms with van der Waals surface area (Å²) in [5.41, 5.74) is 1.45. The van der Waals surface area contributed by atoms with E-state index in [1.54, 1.807) is 0 Å². The van der Waals surface area contributed by atoms with E-state index < -0.39 is 0 Å². The van der Waals surface area contributed by atoms with Gasteiger partial charge >= 0.3 is 0 Å². The normalized spacial score (nSPS) is 23.6. The molecule has 1 aromatic carbocycles. The molecule has 2 fully saturated rings. The van der Waals surface area contributed by atoms with Crippen LogP contribution in [0.2, 0.25) is 5.02 Å². The van der Waals surface area contributed by atoms with Gasteiger partial charge in [-0.3, -0.25) is 4.90 Å². The second-order valence-electron chi connectivity index (χ2n) is 5.47. The monoisotopic (exact) mass is 264 g/mol. The molecule has 0 bridgehead atoms. The topological polar surface area (TPSA) is 15.3 Å². The summed E-state index contributed by atoms with van der Waals surface area (Å²) in [4.78, 5) is 2.66. The third-order valence-corrected chi connectivity index (χ3v) is 4.60. The second-order valence-corrected chi connectivity index (χ2v) is 5.91. The van der Waals surface area contributed by atoms with Gasteiger partial charge in [-0.1, -0.05) is 30.2 Å². The molecule has 3 heteroatoms. The summed E-state index contributed by atoms with van der Waals surface area (Å²) < 4.78 is 0. The second kappa shape index (κ2) is 5.60. The molecule has 1 atom stereocenters. The zero-order valence-electron chi connectivity index (χ0n) is 10.7. The smallest absolute Gasteiger partial charge is 0.0406 e. The van der Waals surface area contributed by atoms with Crippen LogP contribution in [0.3, 0.4) is 0 Å². The predicted octanol–water partition coefficient (Wildman–Crippen LogP) is 3.09. The van der Waals surface area contributed by atoms with Crippen molar-refractivity contribution in [3.63, 3.8) is 0 Å². The summed E-state index contributed by atoms with van der Waals surface area (Å²) in [6.45, 7) is 4.58. The number of rotatable bonds is 3. The Hall–Kier alpha value is -0.570. The van der Waals surface area contributed by atoms with Crippen LogP contribution in [0.4, 0.5) is 0 Å². The Morgan fingerprint density at radius 3 is 2.33 bits per heavy atom. The van der Waals surface area contributed by atoms with Gasteiger partial charge in [-0.05, 0) is 36.5 Å². The van der Waals surface area contributed by atoms with Gasteiger partial charge in [0.1, 0.15) is 0 Å². The van der Waals surface area contributed by atoms with Gasteiger partial charge in [0, 0.05) is 37.2 Å². The fourth-order valence-electron chi connectivity index (χ4n) is 3.16. The molecule has 98 valence electrons. The number of halogens is 1. The van der Waals surface area contributed by atoms with Gasteiger partial charge in [0.05, 0.1) is 0 Å². The van der Waals surface area contributed by atoms with Gasteiger partial charge in [-0.15, -0.1) is 0 Å². The van der Waals surface area contributed by atoms with Crippen LogP contribution in [0.15, 0.2) is 24.3 Å². The summed E-state index contributed by atoms with van der Waals surface area (Å²) in [6, 6.07) is 9.11. The molecule has 2 aliphatic rings. The summed E-state index contributed by atoms with van der Waals surface area (Å²) in [5, 5.41) is 4.28. The molecule has 1 saturated heterocycles. The standard InChI is InChI=1S/C15H21ClN2/c16-14-6-4-13(5-7-14)15(12-2-1-3-12)18-10-8-17-9-11-18/h4-7,12,15,17H,1-3,8-11H2. The third-order valence-electron chi connectivity index (χ3n) is 4.35. The molecular formula is C15H21ClN2. The molecule has 1 aliphatic heterocycles. The van der Waals surface area contributed by atoms with Crippen LogP contribution in [-0.2, 0) is 0 Å². The number of benzene rings is 1. The summed E-state index contributed by atoms with van der Waals surface area (Å²) in [7, 11) is 0. The van der Waals surface area contributed by atoms with E-state index in [-0.39, 0.29) is 0 Å². The van der Waals surface area contributed by atoms with Crippen molar-refractivity contribution in [2.45, 2.75) is 25.3 Å². The minimum atomic E-state index is 0.609. The van der Waals surface area contributed by atoms with E-state index >= 15 is 0 Å². The van der Waals surface area contributed by atoms with Crippen molar-refractivity contribution in [1.29, 1.82) is 0 Å². The Kier molecular flexibility index (Phi) is 3.88. The summed E-state index contributed by atoms with van der Waals surface area (Å²) in [6.07, 6.45) is 4.18. The number of nitrogens with zero attached hydrogens (tertiary/aromatic N) is 1. The molecule has 1 aliphatic carbocycles. The minimum absolute atomic E-state index is 0.609. The Labute approximate surface area is 114 Å². The lowest BCUT2D eigenvalue weighted by atomic mass is 9.76. The maximum absolute atomic E-state index is 6.01. The number of piperazine rings is 1. The van der Waals surface area contributed by atoms with Crippen molar-refractivity contribution in [2.75, 3.05) is 26.2 Å². The van der Waals surface area contributed by atoms with Crippen molar-refractivity contribution in [3.8, 4) is 0 Å². The van der Waals surface area contributed by atoms with Gasteiger partial charge in [-0.2, -0.15) is 0 Å². The van der Waals surface area contributed by atoms with Gasteiger partial charge in [-0.25, -0.2) is 0 Å². The Bertz CT molecular complexity index is 380.